The van der Waals surface area contributed by atoms with Crippen molar-refractivity contribution in [2.24, 2.45) is 16.1 Å². The van der Waals surface area contributed by atoms with E-state index in [0.29, 0.717) is 6.04 Å². The Balaban J connectivity index is 1.87. The summed E-state index contributed by atoms with van der Waals surface area (Å²) in [6, 6.07) is 0.715. The molecule has 2 rings (SSSR count). The summed E-state index contributed by atoms with van der Waals surface area (Å²) in [6.07, 6.45) is 9.15. The maximum absolute atomic E-state index is 3.92. The second-order valence-corrected chi connectivity index (χ2v) is 4.14. The third-order valence-corrected chi connectivity index (χ3v) is 3.10. The van der Waals surface area contributed by atoms with Crippen LogP contribution in [0.2, 0.25) is 0 Å². The van der Waals surface area contributed by atoms with Crippen molar-refractivity contribution in [3.8, 4) is 0 Å². The first kappa shape index (κ1) is 8.73. The quantitative estimate of drug-likeness (QED) is 0.604. The van der Waals surface area contributed by atoms with Crippen LogP contribution in [0.5, 0.6) is 0 Å². The van der Waals surface area contributed by atoms with Crippen LogP contribution >= 0.6 is 0 Å². The fourth-order valence-electron chi connectivity index (χ4n) is 2.14. The van der Waals surface area contributed by atoms with Crippen molar-refractivity contribution < 1.29 is 0 Å². The lowest BCUT2D eigenvalue weighted by molar-refractivity contribution is 0.233. The van der Waals surface area contributed by atoms with Crippen molar-refractivity contribution in [3.63, 3.8) is 0 Å². The standard InChI is InChI=1S/C10H17N3/c1-9-2-4-10(5-3-9)13-7-6-11-12-8-13/h6,8-10H,2-5,7H2,1H3. The predicted molar refractivity (Wildman–Crippen MR) is 55.1 cm³/mol. The molecule has 0 amide bonds. The number of rotatable bonds is 1. The van der Waals surface area contributed by atoms with Crippen molar-refractivity contribution in [1.29, 1.82) is 0 Å². The Morgan fingerprint density at radius 2 is 1.92 bits per heavy atom. The van der Waals surface area contributed by atoms with Gasteiger partial charge in [0.1, 0.15) is 6.34 Å². The molecule has 0 N–H and O–H groups in total. The normalized spacial score (nSPS) is 33.8. The molecule has 0 atom stereocenters. The van der Waals surface area contributed by atoms with E-state index >= 15 is 0 Å². The summed E-state index contributed by atoms with van der Waals surface area (Å²) in [5.74, 6) is 0.923. The van der Waals surface area contributed by atoms with Gasteiger partial charge in [-0.2, -0.15) is 5.10 Å². The largest absolute Gasteiger partial charge is 0.353 e. The molecular formula is C10H17N3. The maximum atomic E-state index is 3.92. The summed E-state index contributed by atoms with van der Waals surface area (Å²) < 4.78 is 0. The molecule has 3 heteroatoms. The van der Waals surface area contributed by atoms with Gasteiger partial charge in [0.25, 0.3) is 0 Å². The van der Waals surface area contributed by atoms with Gasteiger partial charge in [-0.15, -0.1) is 5.10 Å². The molecule has 0 aromatic heterocycles. The highest BCUT2D eigenvalue weighted by Gasteiger charge is 2.22. The fraction of sp³-hybridized carbons (Fsp3) is 0.800. The molecule has 0 radical (unpaired) electrons. The zero-order valence-electron chi connectivity index (χ0n) is 8.19. The van der Waals surface area contributed by atoms with E-state index < -0.39 is 0 Å². The zero-order valence-corrected chi connectivity index (χ0v) is 8.19. The summed E-state index contributed by atoms with van der Waals surface area (Å²) >= 11 is 0. The molecule has 0 spiro atoms. The molecule has 0 aromatic rings. The van der Waals surface area contributed by atoms with Gasteiger partial charge in [0.05, 0.1) is 6.54 Å². The molecule has 1 heterocycles. The second kappa shape index (κ2) is 3.90. The Labute approximate surface area is 79.5 Å². The van der Waals surface area contributed by atoms with Crippen molar-refractivity contribution in [3.05, 3.63) is 0 Å². The molecule has 1 fully saturated rings. The molecule has 1 saturated carbocycles. The van der Waals surface area contributed by atoms with E-state index in [4.69, 9.17) is 0 Å². The van der Waals surface area contributed by atoms with Gasteiger partial charge in [-0.25, -0.2) is 0 Å². The highest BCUT2D eigenvalue weighted by molar-refractivity contribution is 5.70. The molecule has 0 saturated heterocycles. The summed E-state index contributed by atoms with van der Waals surface area (Å²) in [7, 11) is 0. The molecule has 0 unspecified atom stereocenters. The summed E-state index contributed by atoms with van der Waals surface area (Å²) in [6.45, 7) is 3.30. The highest BCUT2D eigenvalue weighted by Crippen LogP contribution is 2.26. The van der Waals surface area contributed by atoms with Crippen molar-refractivity contribution >= 4 is 12.6 Å². The summed E-state index contributed by atoms with van der Waals surface area (Å²) in [5.41, 5.74) is 0. The maximum Gasteiger partial charge on any atom is 0.114 e. The van der Waals surface area contributed by atoms with Crippen LogP contribution in [0, 0.1) is 5.92 Å². The average molecular weight is 179 g/mol. The van der Waals surface area contributed by atoms with E-state index in [0.717, 1.165) is 12.5 Å². The first-order valence-electron chi connectivity index (χ1n) is 5.17. The topological polar surface area (TPSA) is 28.0 Å². The first-order chi connectivity index (χ1) is 6.36. The minimum absolute atomic E-state index is 0.715. The van der Waals surface area contributed by atoms with Crippen molar-refractivity contribution in [2.45, 2.75) is 38.6 Å². The van der Waals surface area contributed by atoms with E-state index in [9.17, 15) is 0 Å². The molecular weight excluding hydrogens is 162 g/mol. The Morgan fingerprint density at radius 1 is 1.15 bits per heavy atom. The Hall–Kier alpha value is -0.860. The van der Waals surface area contributed by atoms with Crippen LogP contribution in [0.4, 0.5) is 0 Å². The van der Waals surface area contributed by atoms with E-state index in [1.807, 2.05) is 12.6 Å². The van der Waals surface area contributed by atoms with Crippen LogP contribution in [0.25, 0.3) is 0 Å². The summed E-state index contributed by atoms with van der Waals surface area (Å²) in [4.78, 5) is 2.32. The fourth-order valence-corrected chi connectivity index (χ4v) is 2.14. The third-order valence-electron chi connectivity index (χ3n) is 3.10. The third kappa shape index (κ3) is 2.08. The highest BCUT2D eigenvalue weighted by atomic mass is 15.3. The second-order valence-electron chi connectivity index (χ2n) is 4.14. The van der Waals surface area contributed by atoms with Gasteiger partial charge in [-0.05, 0) is 31.6 Å². The zero-order chi connectivity index (χ0) is 9.10. The number of nitrogens with zero attached hydrogens (tertiary/aromatic N) is 3. The minimum Gasteiger partial charge on any atom is -0.353 e. The van der Waals surface area contributed by atoms with Gasteiger partial charge in [0, 0.05) is 12.3 Å². The lowest BCUT2D eigenvalue weighted by Crippen LogP contribution is -2.39. The van der Waals surface area contributed by atoms with Gasteiger partial charge in [0.15, 0.2) is 0 Å². The summed E-state index contributed by atoms with van der Waals surface area (Å²) in [5, 5.41) is 7.76. The SMILES string of the molecule is CC1CCC(N2C=NN=CC2)CC1. The van der Waals surface area contributed by atoms with Gasteiger partial charge in [0.2, 0.25) is 0 Å². The van der Waals surface area contributed by atoms with E-state index in [2.05, 4.69) is 22.0 Å². The van der Waals surface area contributed by atoms with E-state index in [-0.39, 0.29) is 0 Å². The van der Waals surface area contributed by atoms with Crippen molar-refractivity contribution in [2.75, 3.05) is 6.54 Å². The molecule has 1 aliphatic carbocycles. The van der Waals surface area contributed by atoms with E-state index in [1.54, 1.807) is 0 Å². The van der Waals surface area contributed by atoms with Crippen LogP contribution in [-0.2, 0) is 0 Å². The van der Waals surface area contributed by atoms with Gasteiger partial charge in [-0.1, -0.05) is 6.92 Å². The van der Waals surface area contributed by atoms with Gasteiger partial charge >= 0.3 is 0 Å². The molecule has 13 heavy (non-hydrogen) atoms. The predicted octanol–water partition coefficient (Wildman–Crippen LogP) is 1.89. The smallest absolute Gasteiger partial charge is 0.114 e. The molecule has 0 bridgehead atoms. The van der Waals surface area contributed by atoms with Crippen LogP contribution < -0.4 is 0 Å². The number of hydrogen-bond donors (Lipinski definition) is 0. The molecule has 0 aromatic carbocycles. The Morgan fingerprint density at radius 3 is 2.54 bits per heavy atom. The lowest BCUT2D eigenvalue weighted by Gasteiger charge is -2.34. The lowest BCUT2D eigenvalue weighted by atomic mass is 9.87. The Bertz CT molecular complexity index is 214. The monoisotopic (exact) mass is 179 g/mol. The molecule has 3 nitrogen and oxygen atoms in total. The molecule has 2 aliphatic rings. The van der Waals surface area contributed by atoms with Crippen LogP contribution in [-0.4, -0.2) is 30.0 Å². The van der Waals surface area contributed by atoms with Crippen LogP contribution in [0.1, 0.15) is 32.6 Å². The number of hydrogen-bond acceptors (Lipinski definition) is 3. The van der Waals surface area contributed by atoms with Gasteiger partial charge in [-0.3, -0.25) is 0 Å². The first-order valence-corrected chi connectivity index (χ1v) is 5.17. The van der Waals surface area contributed by atoms with Gasteiger partial charge < -0.3 is 4.90 Å². The van der Waals surface area contributed by atoms with E-state index in [1.165, 1.54) is 25.7 Å². The van der Waals surface area contributed by atoms with Crippen molar-refractivity contribution in [1.82, 2.24) is 4.90 Å². The molecule has 1 aliphatic heterocycles. The Kier molecular flexibility index (Phi) is 2.62. The minimum atomic E-state index is 0.715. The molecule has 72 valence electrons. The van der Waals surface area contributed by atoms with Crippen LogP contribution in [0.15, 0.2) is 10.2 Å². The average Bonchev–Trinajstić information content (AvgIpc) is 2.20. The van der Waals surface area contributed by atoms with Crippen LogP contribution in [0.3, 0.4) is 0 Å².